The average molecular weight is 316 g/mol. The molecule has 1 atom stereocenters. The number of hydrogen-bond donors (Lipinski definition) is 0. The Morgan fingerprint density at radius 1 is 1.29 bits per heavy atom. The van der Waals surface area contributed by atoms with Crippen LogP contribution in [0.2, 0.25) is 0 Å². The molecule has 0 bridgehead atoms. The van der Waals surface area contributed by atoms with Gasteiger partial charge in [0.1, 0.15) is 0 Å². The molecule has 1 aromatic rings. The summed E-state index contributed by atoms with van der Waals surface area (Å²) in [7, 11) is -3.10. The maximum absolute atomic E-state index is 11.3. The van der Waals surface area contributed by atoms with Crippen molar-refractivity contribution in [3.05, 3.63) is 46.6 Å². The SMILES string of the molecule is CS(=O)(=O)N1C=CC(c2ccc(Br)cc2)CC1. The van der Waals surface area contributed by atoms with Crippen LogP contribution in [0.5, 0.6) is 0 Å². The third-order valence-electron chi connectivity index (χ3n) is 2.87. The van der Waals surface area contributed by atoms with E-state index < -0.39 is 10.0 Å². The van der Waals surface area contributed by atoms with Crippen LogP contribution in [0.25, 0.3) is 0 Å². The molecule has 92 valence electrons. The zero-order chi connectivity index (χ0) is 12.5. The molecule has 2 rings (SSSR count). The van der Waals surface area contributed by atoms with Crippen molar-refractivity contribution in [3.63, 3.8) is 0 Å². The molecule has 1 aliphatic rings. The maximum Gasteiger partial charge on any atom is 0.231 e. The van der Waals surface area contributed by atoms with Gasteiger partial charge in [-0.25, -0.2) is 8.42 Å². The summed E-state index contributed by atoms with van der Waals surface area (Å²) in [6.07, 6.45) is 5.68. The second-order valence-corrected chi connectivity index (χ2v) is 7.01. The van der Waals surface area contributed by atoms with E-state index in [1.165, 1.54) is 16.1 Å². The number of halogens is 1. The monoisotopic (exact) mass is 315 g/mol. The van der Waals surface area contributed by atoms with Crippen LogP contribution in [0.3, 0.4) is 0 Å². The summed E-state index contributed by atoms with van der Waals surface area (Å²) in [5, 5.41) is 0. The Balaban J connectivity index is 2.15. The Morgan fingerprint density at radius 3 is 2.41 bits per heavy atom. The van der Waals surface area contributed by atoms with E-state index in [2.05, 4.69) is 28.1 Å². The van der Waals surface area contributed by atoms with Gasteiger partial charge in [-0.1, -0.05) is 34.1 Å². The highest BCUT2D eigenvalue weighted by atomic mass is 79.9. The van der Waals surface area contributed by atoms with Crippen LogP contribution >= 0.6 is 15.9 Å². The predicted molar refractivity (Wildman–Crippen MR) is 72.2 cm³/mol. The normalized spacial score (nSPS) is 20.6. The summed E-state index contributed by atoms with van der Waals surface area (Å²) in [5.74, 6) is 0.307. The van der Waals surface area contributed by atoms with E-state index in [-0.39, 0.29) is 0 Å². The maximum atomic E-state index is 11.3. The molecule has 1 aromatic carbocycles. The van der Waals surface area contributed by atoms with Crippen LogP contribution in [-0.4, -0.2) is 25.5 Å². The molecule has 17 heavy (non-hydrogen) atoms. The predicted octanol–water partition coefficient (Wildman–Crippen LogP) is 2.71. The van der Waals surface area contributed by atoms with Gasteiger partial charge in [0, 0.05) is 23.1 Å². The van der Waals surface area contributed by atoms with Gasteiger partial charge in [0.25, 0.3) is 0 Å². The molecule has 3 nitrogen and oxygen atoms in total. The molecule has 0 fully saturated rings. The molecule has 0 spiro atoms. The lowest BCUT2D eigenvalue weighted by atomic mass is 9.94. The Bertz CT molecular complexity index is 522. The largest absolute Gasteiger partial charge is 0.278 e. The summed E-state index contributed by atoms with van der Waals surface area (Å²) >= 11 is 3.40. The third-order valence-corrected chi connectivity index (χ3v) is 4.55. The Kier molecular flexibility index (Phi) is 3.58. The average Bonchev–Trinajstić information content (AvgIpc) is 2.29. The molecule has 0 saturated carbocycles. The standard InChI is InChI=1S/C12H14BrNO2S/c1-17(15,16)14-8-6-11(7-9-14)10-2-4-12(13)5-3-10/h2-6,8,11H,7,9H2,1H3. The van der Waals surface area contributed by atoms with Crippen molar-refractivity contribution in [3.8, 4) is 0 Å². The van der Waals surface area contributed by atoms with Crippen LogP contribution in [0.15, 0.2) is 41.0 Å². The Morgan fingerprint density at radius 2 is 1.94 bits per heavy atom. The number of nitrogens with zero attached hydrogens (tertiary/aromatic N) is 1. The van der Waals surface area contributed by atoms with Gasteiger partial charge in [-0.15, -0.1) is 0 Å². The van der Waals surface area contributed by atoms with Crippen molar-refractivity contribution < 1.29 is 8.42 Å². The highest BCUT2D eigenvalue weighted by Crippen LogP contribution is 2.27. The molecular formula is C12H14BrNO2S. The van der Waals surface area contributed by atoms with E-state index in [4.69, 9.17) is 0 Å². The third kappa shape index (κ3) is 3.10. The van der Waals surface area contributed by atoms with Crippen molar-refractivity contribution in [1.82, 2.24) is 4.31 Å². The molecule has 0 amide bonds. The molecule has 5 heteroatoms. The van der Waals surface area contributed by atoms with Crippen molar-refractivity contribution in [1.29, 1.82) is 0 Å². The first-order chi connectivity index (χ1) is 7.97. The van der Waals surface area contributed by atoms with Crippen molar-refractivity contribution in [2.45, 2.75) is 12.3 Å². The molecule has 0 aliphatic carbocycles. The van der Waals surface area contributed by atoms with Gasteiger partial charge in [0.2, 0.25) is 10.0 Å². The molecule has 0 N–H and O–H groups in total. The van der Waals surface area contributed by atoms with Gasteiger partial charge in [-0.05, 0) is 24.1 Å². The van der Waals surface area contributed by atoms with Crippen LogP contribution in [0.4, 0.5) is 0 Å². The van der Waals surface area contributed by atoms with Crippen LogP contribution in [0, 0.1) is 0 Å². The van der Waals surface area contributed by atoms with Crippen molar-refractivity contribution in [2.24, 2.45) is 0 Å². The fourth-order valence-electron chi connectivity index (χ4n) is 1.90. The van der Waals surface area contributed by atoms with E-state index in [1.807, 2.05) is 18.2 Å². The molecule has 0 saturated heterocycles. The smallest absolute Gasteiger partial charge is 0.231 e. The summed E-state index contributed by atoms with van der Waals surface area (Å²) in [4.78, 5) is 0. The number of hydrogen-bond acceptors (Lipinski definition) is 2. The number of sulfonamides is 1. The summed E-state index contributed by atoms with van der Waals surface area (Å²) in [6, 6.07) is 8.14. The summed E-state index contributed by atoms with van der Waals surface area (Å²) in [6.45, 7) is 0.552. The topological polar surface area (TPSA) is 37.4 Å². The summed E-state index contributed by atoms with van der Waals surface area (Å²) < 4.78 is 25.1. The highest BCUT2D eigenvalue weighted by Gasteiger charge is 2.19. The molecule has 1 aliphatic heterocycles. The van der Waals surface area contributed by atoms with E-state index >= 15 is 0 Å². The molecular weight excluding hydrogens is 302 g/mol. The fraction of sp³-hybridized carbons (Fsp3) is 0.333. The van der Waals surface area contributed by atoms with Crippen LogP contribution in [0.1, 0.15) is 17.9 Å². The number of benzene rings is 1. The zero-order valence-electron chi connectivity index (χ0n) is 9.51. The Hall–Kier alpha value is -0.810. The van der Waals surface area contributed by atoms with Crippen molar-refractivity contribution >= 4 is 26.0 Å². The minimum absolute atomic E-state index is 0.307. The molecule has 0 radical (unpaired) electrons. The number of allylic oxidation sites excluding steroid dienone is 1. The highest BCUT2D eigenvalue weighted by molar-refractivity contribution is 9.10. The lowest BCUT2D eigenvalue weighted by molar-refractivity contribution is 0.466. The van der Waals surface area contributed by atoms with Gasteiger partial charge < -0.3 is 0 Å². The van der Waals surface area contributed by atoms with E-state index in [0.29, 0.717) is 12.5 Å². The molecule has 1 unspecified atom stereocenters. The second kappa shape index (κ2) is 4.82. The zero-order valence-corrected chi connectivity index (χ0v) is 11.9. The van der Waals surface area contributed by atoms with Gasteiger partial charge in [-0.3, -0.25) is 4.31 Å². The van der Waals surface area contributed by atoms with Gasteiger partial charge in [0.05, 0.1) is 6.26 Å². The molecule has 0 aromatic heterocycles. The minimum atomic E-state index is -3.10. The van der Waals surface area contributed by atoms with E-state index in [9.17, 15) is 8.42 Å². The lowest BCUT2D eigenvalue weighted by Gasteiger charge is -2.26. The molecule has 1 heterocycles. The van der Waals surface area contributed by atoms with E-state index in [1.54, 1.807) is 6.20 Å². The summed E-state index contributed by atoms with van der Waals surface area (Å²) in [5.41, 5.74) is 1.22. The Labute approximate surface area is 110 Å². The van der Waals surface area contributed by atoms with Gasteiger partial charge in [-0.2, -0.15) is 0 Å². The van der Waals surface area contributed by atoms with Crippen molar-refractivity contribution in [2.75, 3.05) is 12.8 Å². The van der Waals surface area contributed by atoms with Crippen LogP contribution in [-0.2, 0) is 10.0 Å². The fourth-order valence-corrected chi connectivity index (χ4v) is 2.89. The van der Waals surface area contributed by atoms with E-state index in [0.717, 1.165) is 10.9 Å². The minimum Gasteiger partial charge on any atom is -0.278 e. The number of rotatable bonds is 2. The van der Waals surface area contributed by atoms with Gasteiger partial charge >= 0.3 is 0 Å². The first-order valence-electron chi connectivity index (χ1n) is 5.37. The first-order valence-corrected chi connectivity index (χ1v) is 8.01. The van der Waals surface area contributed by atoms with Crippen LogP contribution < -0.4 is 0 Å². The first kappa shape index (κ1) is 12.6. The second-order valence-electron chi connectivity index (χ2n) is 4.16. The quantitative estimate of drug-likeness (QED) is 0.841. The lowest BCUT2D eigenvalue weighted by Crippen LogP contribution is -2.29. The van der Waals surface area contributed by atoms with Gasteiger partial charge in [0.15, 0.2) is 0 Å².